The third-order valence-corrected chi connectivity index (χ3v) is 6.61. The summed E-state index contributed by atoms with van der Waals surface area (Å²) in [5.41, 5.74) is 3.91. The van der Waals surface area contributed by atoms with Crippen molar-refractivity contribution < 1.29 is 9.72 Å². The largest absolute Gasteiger partial charge is 0.342 e. The zero-order valence-electron chi connectivity index (χ0n) is 18.8. The van der Waals surface area contributed by atoms with Crippen molar-refractivity contribution in [2.75, 3.05) is 4.90 Å². The first-order chi connectivity index (χ1) is 17.0. The van der Waals surface area contributed by atoms with Crippen LogP contribution < -0.4 is 4.90 Å². The van der Waals surface area contributed by atoms with Gasteiger partial charge < -0.3 is 9.80 Å². The molecule has 1 heterocycles. The quantitative estimate of drug-likeness (QED) is 0.206. The van der Waals surface area contributed by atoms with E-state index < -0.39 is 11.1 Å². The molecular weight excluding hydrogens is 506 g/mol. The van der Waals surface area contributed by atoms with Gasteiger partial charge in [0, 0.05) is 29.7 Å². The van der Waals surface area contributed by atoms with Gasteiger partial charge in [-0.15, -0.1) is 0 Å². The van der Waals surface area contributed by atoms with Crippen LogP contribution in [0.3, 0.4) is 0 Å². The van der Waals surface area contributed by atoms with E-state index in [1.165, 1.54) is 12.1 Å². The van der Waals surface area contributed by atoms with Gasteiger partial charge in [0.15, 0.2) is 0 Å². The van der Waals surface area contributed by atoms with Gasteiger partial charge in [-0.2, -0.15) is 0 Å². The number of anilines is 1. The molecule has 35 heavy (non-hydrogen) atoms. The maximum absolute atomic E-state index is 13.9. The van der Waals surface area contributed by atoms with Gasteiger partial charge in [0.1, 0.15) is 6.17 Å². The minimum Gasteiger partial charge on any atom is -0.342 e. The summed E-state index contributed by atoms with van der Waals surface area (Å²) in [6, 6.07) is 32.3. The minimum atomic E-state index is -0.461. The van der Waals surface area contributed by atoms with Crippen LogP contribution in [0.25, 0.3) is 0 Å². The molecule has 0 saturated heterocycles. The standard InChI is InChI=1S/C28H22BrN3O3/c29-23-13-7-12-22(16-23)27-30(18-20-8-3-1-4-9-20)26-15-14-24(32(34)35)17-25(26)28(33)31(27)19-21-10-5-2-6-11-21/h1-17,27H,18-19H2/t27-/m0/s1. The molecule has 0 spiro atoms. The highest BCUT2D eigenvalue weighted by Crippen LogP contribution is 2.42. The Hall–Kier alpha value is -3.97. The molecule has 0 aliphatic carbocycles. The highest BCUT2D eigenvalue weighted by molar-refractivity contribution is 9.10. The molecule has 1 aliphatic rings. The van der Waals surface area contributed by atoms with Crippen molar-refractivity contribution in [1.82, 2.24) is 4.90 Å². The molecule has 1 amide bonds. The third kappa shape index (κ3) is 4.68. The number of fused-ring (bicyclic) bond motifs is 1. The Kier molecular flexibility index (Phi) is 6.33. The second-order valence-corrected chi connectivity index (χ2v) is 9.34. The molecule has 4 aromatic rings. The summed E-state index contributed by atoms with van der Waals surface area (Å²) in [4.78, 5) is 28.9. The van der Waals surface area contributed by atoms with Gasteiger partial charge >= 0.3 is 0 Å². The van der Waals surface area contributed by atoms with E-state index in [0.29, 0.717) is 24.3 Å². The summed E-state index contributed by atoms with van der Waals surface area (Å²) in [6.45, 7) is 0.895. The number of benzene rings is 4. The second-order valence-electron chi connectivity index (χ2n) is 8.42. The number of non-ortho nitro benzene ring substituents is 1. The van der Waals surface area contributed by atoms with Gasteiger partial charge in [-0.05, 0) is 34.9 Å². The zero-order chi connectivity index (χ0) is 24.4. The van der Waals surface area contributed by atoms with Crippen LogP contribution in [0.4, 0.5) is 11.4 Å². The Bertz CT molecular complexity index is 1380. The van der Waals surface area contributed by atoms with E-state index >= 15 is 0 Å². The minimum absolute atomic E-state index is 0.0997. The van der Waals surface area contributed by atoms with Crippen LogP contribution in [0.1, 0.15) is 33.2 Å². The predicted octanol–water partition coefficient (Wildman–Crippen LogP) is 6.72. The van der Waals surface area contributed by atoms with Crippen LogP contribution in [0.5, 0.6) is 0 Å². The summed E-state index contributed by atoms with van der Waals surface area (Å²) in [5.74, 6) is -0.234. The lowest BCUT2D eigenvalue weighted by Gasteiger charge is -2.46. The maximum atomic E-state index is 13.9. The SMILES string of the molecule is O=C1c2cc([N+](=O)[O-])ccc2N(Cc2ccccc2)[C@H](c2cccc(Br)c2)N1Cc1ccccc1. The number of halogens is 1. The number of nitro benzene ring substituents is 1. The Morgan fingerprint density at radius 3 is 2.00 bits per heavy atom. The van der Waals surface area contributed by atoms with Crippen LogP contribution in [0.15, 0.2) is 108 Å². The number of amides is 1. The number of carbonyl (C=O) groups excluding carboxylic acids is 1. The molecule has 0 saturated carbocycles. The van der Waals surface area contributed by atoms with Crippen LogP contribution in [-0.4, -0.2) is 15.7 Å². The van der Waals surface area contributed by atoms with Gasteiger partial charge in [0.2, 0.25) is 0 Å². The van der Waals surface area contributed by atoms with Crippen LogP contribution in [0.2, 0.25) is 0 Å². The lowest BCUT2D eigenvalue weighted by Crippen LogP contribution is -2.48. The van der Waals surface area contributed by atoms with Crippen molar-refractivity contribution in [3.05, 3.63) is 140 Å². The fraction of sp³-hybridized carbons (Fsp3) is 0.107. The molecule has 0 N–H and O–H groups in total. The number of nitro groups is 1. The zero-order valence-corrected chi connectivity index (χ0v) is 20.3. The molecule has 5 rings (SSSR count). The van der Waals surface area contributed by atoms with Crippen LogP contribution >= 0.6 is 15.9 Å². The number of hydrogen-bond donors (Lipinski definition) is 0. The monoisotopic (exact) mass is 527 g/mol. The first-order valence-corrected chi connectivity index (χ1v) is 12.0. The smallest absolute Gasteiger partial charge is 0.270 e. The molecule has 0 fully saturated rings. The van der Waals surface area contributed by atoms with E-state index in [-0.39, 0.29) is 11.6 Å². The van der Waals surface area contributed by atoms with E-state index in [9.17, 15) is 14.9 Å². The molecule has 0 unspecified atom stereocenters. The highest BCUT2D eigenvalue weighted by Gasteiger charge is 2.39. The van der Waals surface area contributed by atoms with E-state index in [1.807, 2.05) is 84.9 Å². The summed E-state index contributed by atoms with van der Waals surface area (Å²) in [7, 11) is 0. The summed E-state index contributed by atoms with van der Waals surface area (Å²) >= 11 is 3.58. The van der Waals surface area contributed by atoms with Crippen molar-refractivity contribution in [2.45, 2.75) is 19.3 Å². The first-order valence-electron chi connectivity index (χ1n) is 11.2. The third-order valence-electron chi connectivity index (χ3n) is 6.12. The molecule has 1 aliphatic heterocycles. The first kappa shape index (κ1) is 22.8. The van der Waals surface area contributed by atoms with Gasteiger partial charge in [-0.1, -0.05) is 88.7 Å². The van der Waals surface area contributed by atoms with E-state index in [1.54, 1.807) is 11.0 Å². The fourth-order valence-electron chi connectivity index (χ4n) is 4.54. The fourth-order valence-corrected chi connectivity index (χ4v) is 4.96. The molecule has 0 bridgehead atoms. The number of rotatable bonds is 6. The Morgan fingerprint density at radius 2 is 1.40 bits per heavy atom. The molecular formula is C28H22BrN3O3. The Morgan fingerprint density at radius 1 is 0.771 bits per heavy atom. The van der Waals surface area contributed by atoms with E-state index in [2.05, 4.69) is 20.8 Å². The summed E-state index contributed by atoms with van der Waals surface area (Å²) in [5, 5.41) is 11.5. The lowest BCUT2D eigenvalue weighted by molar-refractivity contribution is -0.384. The molecule has 174 valence electrons. The Labute approximate surface area is 211 Å². The van der Waals surface area contributed by atoms with Crippen molar-refractivity contribution >= 4 is 33.2 Å². The second kappa shape index (κ2) is 9.72. The van der Waals surface area contributed by atoms with Crippen molar-refractivity contribution in [2.24, 2.45) is 0 Å². The van der Waals surface area contributed by atoms with Gasteiger partial charge in [-0.3, -0.25) is 14.9 Å². The number of carbonyl (C=O) groups is 1. The number of nitrogens with zero attached hydrogens (tertiary/aromatic N) is 3. The van der Waals surface area contributed by atoms with Gasteiger partial charge in [0.05, 0.1) is 16.2 Å². The highest BCUT2D eigenvalue weighted by atomic mass is 79.9. The average Bonchev–Trinajstić information content (AvgIpc) is 2.87. The van der Waals surface area contributed by atoms with Gasteiger partial charge in [-0.25, -0.2) is 0 Å². The Balaban J connectivity index is 1.70. The number of hydrogen-bond acceptors (Lipinski definition) is 4. The van der Waals surface area contributed by atoms with Crippen LogP contribution in [0, 0.1) is 10.1 Å². The van der Waals surface area contributed by atoms with E-state index in [0.717, 1.165) is 21.2 Å². The summed E-state index contributed by atoms with van der Waals surface area (Å²) in [6.07, 6.45) is -0.408. The topological polar surface area (TPSA) is 66.7 Å². The van der Waals surface area contributed by atoms with Crippen LogP contribution in [-0.2, 0) is 13.1 Å². The van der Waals surface area contributed by atoms with Gasteiger partial charge in [0.25, 0.3) is 11.6 Å². The van der Waals surface area contributed by atoms with Crippen molar-refractivity contribution in [3.8, 4) is 0 Å². The molecule has 0 radical (unpaired) electrons. The molecule has 6 nitrogen and oxygen atoms in total. The lowest BCUT2D eigenvalue weighted by atomic mass is 9.98. The predicted molar refractivity (Wildman–Crippen MR) is 139 cm³/mol. The van der Waals surface area contributed by atoms with E-state index in [4.69, 9.17) is 0 Å². The van der Waals surface area contributed by atoms with Crippen molar-refractivity contribution in [1.29, 1.82) is 0 Å². The average molecular weight is 528 g/mol. The molecule has 4 aromatic carbocycles. The summed E-state index contributed by atoms with van der Waals surface area (Å²) < 4.78 is 0.913. The maximum Gasteiger partial charge on any atom is 0.270 e. The molecule has 7 heteroatoms. The molecule has 0 aromatic heterocycles. The normalized spacial score (nSPS) is 15.1. The van der Waals surface area contributed by atoms with Crippen molar-refractivity contribution in [3.63, 3.8) is 0 Å². The molecule has 1 atom stereocenters.